The molecule has 116 valence electrons. The molecular formula is C15H24N4O2. The molecule has 0 aliphatic rings. The number of amides is 1. The SMILES string of the molecule is CCCNC(=NC)NCCNC(=O)c1ccc(OC)cc1. The first-order chi connectivity index (χ1) is 10.2. The maximum atomic E-state index is 11.9. The van der Waals surface area contributed by atoms with Gasteiger partial charge in [0, 0.05) is 32.2 Å². The van der Waals surface area contributed by atoms with Gasteiger partial charge >= 0.3 is 0 Å². The molecule has 21 heavy (non-hydrogen) atoms. The van der Waals surface area contributed by atoms with Crippen LogP contribution in [0, 0.1) is 0 Å². The van der Waals surface area contributed by atoms with Gasteiger partial charge in [0.1, 0.15) is 5.75 Å². The summed E-state index contributed by atoms with van der Waals surface area (Å²) in [5, 5.41) is 9.14. The van der Waals surface area contributed by atoms with Crippen molar-refractivity contribution in [3.05, 3.63) is 29.8 Å². The van der Waals surface area contributed by atoms with Gasteiger partial charge in [-0.25, -0.2) is 0 Å². The zero-order chi connectivity index (χ0) is 15.5. The Hall–Kier alpha value is -2.24. The number of rotatable bonds is 7. The Bertz CT molecular complexity index is 457. The number of benzene rings is 1. The fourth-order valence-electron chi connectivity index (χ4n) is 1.67. The Kier molecular flexibility index (Phi) is 7.71. The minimum absolute atomic E-state index is 0.101. The summed E-state index contributed by atoms with van der Waals surface area (Å²) in [6.07, 6.45) is 1.04. The molecule has 0 aliphatic carbocycles. The van der Waals surface area contributed by atoms with Crippen LogP contribution in [0.15, 0.2) is 29.3 Å². The van der Waals surface area contributed by atoms with Crippen molar-refractivity contribution in [2.45, 2.75) is 13.3 Å². The van der Waals surface area contributed by atoms with E-state index in [0.717, 1.165) is 24.7 Å². The van der Waals surface area contributed by atoms with E-state index in [1.807, 2.05) is 0 Å². The van der Waals surface area contributed by atoms with Gasteiger partial charge in [-0.05, 0) is 30.7 Å². The lowest BCUT2D eigenvalue weighted by Gasteiger charge is -2.11. The average molecular weight is 292 g/mol. The molecule has 1 aromatic rings. The van der Waals surface area contributed by atoms with Crippen LogP contribution in [0.3, 0.4) is 0 Å². The second-order valence-electron chi connectivity index (χ2n) is 4.41. The number of hydrogen-bond acceptors (Lipinski definition) is 3. The van der Waals surface area contributed by atoms with Crippen LogP contribution in [-0.2, 0) is 0 Å². The molecule has 6 heteroatoms. The highest BCUT2D eigenvalue weighted by Gasteiger charge is 2.04. The van der Waals surface area contributed by atoms with E-state index >= 15 is 0 Å². The van der Waals surface area contributed by atoms with Crippen LogP contribution in [0.4, 0.5) is 0 Å². The topological polar surface area (TPSA) is 74.8 Å². The van der Waals surface area contributed by atoms with Gasteiger partial charge in [0.2, 0.25) is 0 Å². The maximum Gasteiger partial charge on any atom is 0.251 e. The van der Waals surface area contributed by atoms with Crippen LogP contribution >= 0.6 is 0 Å². The molecule has 0 spiro atoms. The lowest BCUT2D eigenvalue weighted by molar-refractivity contribution is 0.0954. The number of hydrogen-bond donors (Lipinski definition) is 3. The van der Waals surface area contributed by atoms with Gasteiger partial charge < -0.3 is 20.7 Å². The van der Waals surface area contributed by atoms with Crippen molar-refractivity contribution in [3.63, 3.8) is 0 Å². The smallest absolute Gasteiger partial charge is 0.251 e. The molecule has 6 nitrogen and oxygen atoms in total. The first-order valence-electron chi connectivity index (χ1n) is 7.08. The Morgan fingerprint density at radius 3 is 2.29 bits per heavy atom. The molecule has 0 bridgehead atoms. The third kappa shape index (κ3) is 6.16. The quantitative estimate of drug-likeness (QED) is 0.398. The van der Waals surface area contributed by atoms with Gasteiger partial charge in [-0.2, -0.15) is 0 Å². The van der Waals surface area contributed by atoms with E-state index in [9.17, 15) is 4.79 Å². The normalized spacial score (nSPS) is 10.9. The van der Waals surface area contributed by atoms with E-state index in [4.69, 9.17) is 4.74 Å². The van der Waals surface area contributed by atoms with Gasteiger partial charge in [0.25, 0.3) is 5.91 Å². The molecule has 1 amide bonds. The molecule has 1 aromatic carbocycles. The summed E-state index contributed by atoms with van der Waals surface area (Å²) in [7, 11) is 3.32. The highest BCUT2D eigenvalue weighted by atomic mass is 16.5. The summed E-state index contributed by atoms with van der Waals surface area (Å²) in [6, 6.07) is 7.01. The molecular weight excluding hydrogens is 268 g/mol. The Morgan fingerprint density at radius 2 is 1.71 bits per heavy atom. The Morgan fingerprint density at radius 1 is 1.10 bits per heavy atom. The van der Waals surface area contributed by atoms with Crippen molar-refractivity contribution < 1.29 is 9.53 Å². The molecule has 0 aromatic heterocycles. The summed E-state index contributed by atoms with van der Waals surface area (Å²) in [4.78, 5) is 16.0. The molecule has 0 heterocycles. The van der Waals surface area contributed by atoms with Crippen molar-refractivity contribution in [3.8, 4) is 5.75 Å². The number of carbonyl (C=O) groups excluding carboxylic acids is 1. The van der Waals surface area contributed by atoms with Crippen molar-refractivity contribution in [1.29, 1.82) is 0 Å². The first-order valence-corrected chi connectivity index (χ1v) is 7.08. The summed E-state index contributed by atoms with van der Waals surface area (Å²) in [5.41, 5.74) is 0.615. The largest absolute Gasteiger partial charge is 0.497 e. The van der Waals surface area contributed by atoms with Crippen LogP contribution in [0.25, 0.3) is 0 Å². The number of ether oxygens (including phenoxy) is 1. The Balaban J connectivity index is 2.29. The van der Waals surface area contributed by atoms with E-state index in [1.54, 1.807) is 38.4 Å². The van der Waals surface area contributed by atoms with Gasteiger partial charge in [-0.15, -0.1) is 0 Å². The lowest BCUT2D eigenvalue weighted by Crippen LogP contribution is -2.41. The molecule has 0 radical (unpaired) electrons. The maximum absolute atomic E-state index is 11.9. The van der Waals surface area contributed by atoms with Crippen molar-refractivity contribution >= 4 is 11.9 Å². The highest BCUT2D eigenvalue weighted by molar-refractivity contribution is 5.94. The lowest BCUT2D eigenvalue weighted by atomic mass is 10.2. The number of aliphatic imine (C=N–C) groups is 1. The van der Waals surface area contributed by atoms with Crippen LogP contribution < -0.4 is 20.7 Å². The monoisotopic (exact) mass is 292 g/mol. The van der Waals surface area contributed by atoms with Gasteiger partial charge in [-0.3, -0.25) is 9.79 Å². The summed E-state index contributed by atoms with van der Waals surface area (Å²) in [6.45, 7) is 4.11. The number of nitrogens with one attached hydrogen (secondary N) is 3. The average Bonchev–Trinajstić information content (AvgIpc) is 2.54. The predicted molar refractivity (Wildman–Crippen MR) is 85.0 cm³/mol. The zero-order valence-corrected chi connectivity index (χ0v) is 12.9. The molecule has 0 atom stereocenters. The van der Waals surface area contributed by atoms with E-state index in [2.05, 4.69) is 27.9 Å². The van der Waals surface area contributed by atoms with E-state index in [-0.39, 0.29) is 5.91 Å². The third-order valence-corrected chi connectivity index (χ3v) is 2.82. The van der Waals surface area contributed by atoms with E-state index < -0.39 is 0 Å². The minimum Gasteiger partial charge on any atom is -0.497 e. The molecule has 1 rings (SSSR count). The number of guanidine groups is 1. The molecule has 0 saturated carbocycles. The fraction of sp³-hybridized carbons (Fsp3) is 0.467. The number of carbonyl (C=O) groups is 1. The Labute approximate surface area is 126 Å². The van der Waals surface area contributed by atoms with Crippen molar-refractivity contribution in [2.24, 2.45) is 4.99 Å². The summed E-state index contributed by atoms with van der Waals surface area (Å²) in [5.74, 6) is 1.38. The van der Waals surface area contributed by atoms with Crippen molar-refractivity contribution in [1.82, 2.24) is 16.0 Å². The van der Waals surface area contributed by atoms with Gasteiger partial charge in [0.15, 0.2) is 5.96 Å². The first kappa shape index (κ1) is 16.8. The minimum atomic E-state index is -0.101. The van der Waals surface area contributed by atoms with Gasteiger partial charge in [-0.1, -0.05) is 6.92 Å². The number of nitrogens with zero attached hydrogens (tertiary/aromatic N) is 1. The standard InChI is InChI=1S/C15H24N4O2/c1-4-9-18-15(16-2)19-11-10-17-14(20)12-5-7-13(21-3)8-6-12/h5-8H,4,9-11H2,1-3H3,(H,17,20)(H2,16,18,19). The van der Waals surface area contributed by atoms with Crippen LogP contribution in [-0.4, -0.2) is 45.7 Å². The summed E-state index contributed by atoms with van der Waals surface area (Å²) >= 11 is 0. The molecule has 0 fully saturated rings. The van der Waals surface area contributed by atoms with Gasteiger partial charge in [0.05, 0.1) is 7.11 Å². The van der Waals surface area contributed by atoms with Crippen LogP contribution in [0.1, 0.15) is 23.7 Å². The second kappa shape index (κ2) is 9.63. The number of methoxy groups -OCH3 is 1. The molecule has 0 aliphatic heterocycles. The summed E-state index contributed by atoms with van der Waals surface area (Å²) < 4.78 is 5.06. The molecule has 0 saturated heterocycles. The van der Waals surface area contributed by atoms with Crippen LogP contribution in [0.2, 0.25) is 0 Å². The van der Waals surface area contributed by atoms with E-state index in [1.165, 1.54) is 0 Å². The van der Waals surface area contributed by atoms with Crippen molar-refractivity contribution in [2.75, 3.05) is 33.8 Å². The predicted octanol–water partition coefficient (Wildman–Crippen LogP) is 1.00. The van der Waals surface area contributed by atoms with E-state index in [0.29, 0.717) is 18.7 Å². The fourth-order valence-corrected chi connectivity index (χ4v) is 1.67. The highest BCUT2D eigenvalue weighted by Crippen LogP contribution is 2.10. The zero-order valence-electron chi connectivity index (χ0n) is 12.9. The molecule has 3 N–H and O–H groups in total. The third-order valence-electron chi connectivity index (χ3n) is 2.82. The van der Waals surface area contributed by atoms with Crippen LogP contribution in [0.5, 0.6) is 5.75 Å². The second-order valence-corrected chi connectivity index (χ2v) is 4.41. The molecule has 0 unspecified atom stereocenters.